The van der Waals surface area contributed by atoms with Gasteiger partial charge in [-0.2, -0.15) is 5.26 Å². The Morgan fingerprint density at radius 1 is 1.00 bits per heavy atom. The molecule has 25 heavy (non-hydrogen) atoms. The highest BCUT2D eigenvalue weighted by molar-refractivity contribution is 7.17. The van der Waals surface area contributed by atoms with Crippen LogP contribution in [0.15, 0.2) is 12.2 Å². The molecule has 2 amide bonds. The lowest BCUT2D eigenvalue weighted by molar-refractivity contribution is -0.123. The van der Waals surface area contributed by atoms with Crippen molar-refractivity contribution in [3.8, 4) is 6.07 Å². The van der Waals surface area contributed by atoms with Crippen molar-refractivity contribution in [1.29, 1.82) is 5.26 Å². The number of nitriles is 1. The van der Waals surface area contributed by atoms with Crippen LogP contribution in [0.3, 0.4) is 0 Å². The minimum Gasteiger partial charge on any atom is -0.274 e. The highest BCUT2D eigenvalue weighted by Crippen LogP contribution is 2.54. The van der Waals surface area contributed by atoms with Gasteiger partial charge in [0.15, 0.2) is 0 Å². The fourth-order valence-corrected chi connectivity index (χ4v) is 6.63. The molecule has 0 unspecified atom stereocenters. The highest BCUT2D eigenvalue weighted by Gasteiger charge is 2.60. The quantitative estimate of drug-likeness (QED) is 0.573. The minimum atomic E-state index is -0.196. The molecule has 0 N–H and O–H groups in total. The third-order valence-electron chi connectivity index (χ3n) is 6.44. The van der Waals surface area contributed by atoms with Gasteiger partial charge in [0, 0.05) is 4.88 Å². The van der Waals surface area contributed by atoms with Crippen molar-refractivity contribution in [2.45, 2.75) is 44.9 Å². The first-order chi connectivity index (χ1) is 12.2. The number of amides is 2. The van der Waals surface area contributed by atoms with E-state index < -0.39 is 0 Å². The number of hydrogen-bond donors (Lipinski definition) is 0. The number of imide groups is 1. The fourth-order valence-electron chi connectivity index (χ4n) is 5.28. The van der Waals surface area contributed by atoms with E-state index in [2.05, 4.69) is 18.2 Å². The maximum Gasteiger partial charge on any atom is 0.238 e. The van der Waals surface area contributed by atoms with Gasteiger partial charge in [0.05, 0.1) is 17.4 Å². The largest absolute Gasteiger partial charge is 0.274 e. The van der Waals surface area contributed by atoms with Gasteiger partial charge in [-0.1, -0.05) is 25.0 Å². The zero-order valence-electron chi connectivity index (χ0n) is 14.0. The Bertz CT molecular complexity index is 817. The number of fused-ring (bicyclic) bond motifs is 6. The minimum absolute atomic E-state index is 0.0717. The van der Waals surface area contributed by atoms with E-state index in [1.54, 1.807) is 0 Å². The Labute approximate surface area is 151 Å². The maximum atomic E-state index is 13.1. The lowest BCUT2D eigenvalue weighted by Crippen LogP contribution is -2.32. The van der Waals surface area contributed by atoms with Crippen molar-refractivity contribution in [1.82, 2.24) is 0 Å². The van der Waals surface area contributed by atoms with Crippen molar-refractivity contribution in [2.24, 2.45) is 23.7 Å². The van der Waals surface area contributed by atoms with Crippen LogP contribution < -0.4 is 4.90 Å². The first-order valence-electron chi connectivity index (χ1n) is 9.31. The molecule has 0 aromatic carbocycles. The van der Waals surface area contributed by atoms with Gasteiger partial charge in [0.2, 0.25) is 11.8 Å². The molecular formula is C20H20N2O2S. The number of nitrogens with zero attached hydrogens (tertiary/aromatic N) is 2. The Hall–Kier alpha value is -1.93. The van der Waals surface area contributed by atoms with E-state index in [-0.39, 0.29) is 35.5 Å². The van der Waals surface area contributed by atoms with Gasteiger partial charge in [-0.25, -0.2) is 4.90 Å². The van der Waals surface area contributed by atoms with Gasteiger partial charge in [0.25, 0.3) is 0 Å². The Morgan fingerprint density at radius 3 is 2.28 bits per heavy atom. The summed E-state index contributed by atoms with van der Waals surface area (Å²) in [5, 5.41) is 10.4. The maximum absolute atomic E-state index is 13.1. The predicted molar refractivity (Wildman–Crippen MR) is 95.1 cm³/mol. The van der Waals surface area contributed by atoms with Gasteiger partial charge in [-0.15, -0.1) is 11.3 Å². The summed E-state index contributed by atoms with van der Waals surface area (Å²) >= 11 is 1.52. The number of aryl methyl sites for hydroxylation is 1. The Morgan fingerprint density at radius 2 is 1.64 bits per heavy atom. The average molecular weight is 352 g/mol. The van der Waals surface area contributed by atoms with Gasteiger partial charge >= 0.3 is 0 Å². The van der Waals surface area contributed by atoms with Crippen molar-refractivity contribution in [2.75, 3.05) is 4.90 Å². The van der Waals surface area contributed by atoms with Crippen LogP contribution >= 0.6 is 11.3 Å². The van der Waals surface area contributed by atoms with Gasteiger partial charge < -0.3 is 0 Å². The van der Waals surface area contributed by atoms with Gasteiger partial charge in [-0.3, -0.25) is 9.59 Å². The van der Waals surface area contributed by atoms with Crippen LogP contribution in [0.2, 0.25) is 0 Å². The van der Waals surface area contributed by atoms with Crippen molar-refractivity contribution in [3.05, 3.63) is 28.2 Å². The van der Waals surface area contributed by atoms with E-state index in [1.807, 2.05) is 0 Å². The molecule has 5 heteroatoms. The normalized spacial score (nSPS) is 33.2. The molecule has 1 saturated heterocycles. The second-order valence-electron chi connectivity index (χ2n) is 7.72. The third-order valence-corrected chi connectivity index (χ3v) is 7.71. The molecule has 2 heterocycles. The zero-order valence-corrected chi connectivity index (χ0v) is 14.8. The van der Waals surface area contributed by atoms with Crippen LogP contribution in [-0.2, 0) is 22.4 Å². The van der Waals surface area contributed by atoms with Gasteiger partial charge in [0.1, 0.15) is 11.1 Å². The molecule has 2 bridgehead atoms. The summed E-state index contributed by atoms with van der Waals surface area (Å²) in [5.41, 5.74) is 1.69. The second-order valence-corrected chi connectivity index (χ2v) is 8.81. The van der Waals surface area contributed by atoms with E-state index in [0.717, 1.165) is 37.7 Å². The SMILES string of the molecule is N#Cc1c(N2C(=O)[C@@H]3[C@@H](C2=O)[C@H]2C=C[C@H]3C2)sc2c1CCCCCC2. The number of anilines is 1. The van der Waals surface area contributed by atoms with Crippen LogP contribution in [-0.4, -0.2) is 11.8 Å². The number of hydrogen-bond acceptors (Lipinski definition) is 4. The summed E-state index contributed by atoms with van der Waals surface area (Å²) in [6.45, 7) is 0. The molecule has 1 saturated carbocycles. The number of carbonyl (C=O) groups excluding carboxylic acids is 2. The number of carbonyl (C=O) groups is 2. The molecule has 4 nitrogen and oxygen atoms in total. The van der Waals surface area contributed by atoms with Crippen molar-refractivity contribution in [3.63, 3.8) is 0 Å². The molecule has 4 atom stereocenters. The van der Waals surface area contributed by atoms with Gasteiger partial charge in [-0.05, 0) is 49.5 Å². The molecule has 128 valence electrons. The molecule has 1 aromatic rings. The zero-order chi connectivity index (χ0) is 17.1. The van der Waals surface area contributed by atoms with E-state index in [0.29, 0.717) is 10.6 Å². The predicted octanol–water partition coefficient (Wildman–Crippen LogP) is 3.59. The molecule has 3 aliphatic carbocycles. The Balaban J connectivity index is 1.58. The summed E-state index contributed by atoms with van der Waals surface area (Å²) in [5.74, 6) is -0.112. The van der Waals surface area contributed by atoms with Crippen molar-refractivity contribution < 1.29 is 9.59 Å². The molecular weight excluding hydrogens is 332 g/mol. The van der Waals surface area contributed by atoms with Crippen LogP contribution in [0.4, 0.5) is 5.00 Å². The summed E-state index contributed by atoms with van der Waals surface area (Å²) < 4.78 is 0. The van der Waals surface area contributed by atoms with E-state index >= 15 is 0 Å². The van der Waals surface area contributed by atoms with Crippen LogP contribution in [0.25, 0.3) is 0 Å². The molecule has 1 aromatic heterocycles. The number of allylic oxidation sites excluding steroid dienone is 2. The Kier molecular flexibility index (Phi) is 3.40. The molecule has 1 aliphatic heterocycles. The standard InChI is InChI=1S/C20H20N2O2S/c21-10-14-13-5-3-1-2-4-6-15(13)25-20(14)22-18(23)16-11-7-8-12(9-11)17(16)19(22)24/h7-8,11-12,16-17H,1-6,9H2/t11-,12-,16-,17-/m0/s1. The first kappa shape index (κ1) is 15.3. The lowest BCUT2D eigenvalue weighted by atomic mass is 9.85. The summed E-state index contributed by atoms with van der Waals surface area (Å²) in [6, 6.07) is 2.32. The highest BCUT2D eigenvalue weighted by atomic mass is 32.1. The van der Waals surface area contributed by atoms with Crippen LogP contribution in [0.1, 0.15) is 48.1 Å². The molecule has 2 fully saturated rings. The smallest absolute Gasteiger partial charge is 0.238 e. The van der Waals surface area contributed by atoms with Crippen molar-refractivity contribution >= 4 is 28.2 Å². The third kappa shape index (κ3) is 2.04. The topological polar surface area (TPSA) is 61.2 Å². The average Bonchev–Trinajstić information content (AvgIpc) is 3.31. The second kappa shape index (κ2) is 5.54. The molecule has 0 spiro atoms. The fraction of sp³-hybridized carbons (Fsp3) is 0.550. The van der Waals surface area contributed by atoms with E-state index in [1.165, 1.54) is 34.0 Å². The van der Waals surface area contributed by atoms with Crippen LogP contribution in [0.5, 0.6) is 0 Å². The number of thiophene rings is 1. The number of rotatable bonds is 1. The van der Waals surface area contributed by atoms with Crippen LogP contribution in [0, 0.1) is 35.0 Å². The summed E-state index contributed by atoms with van der Waals surface area (Å²) in [6.07, 6.45) is 11.6. The first-order valence-corrected chi connectivity index (χ1v) is 10.1. The van der Waals surface area contributed by atoms with E-state index in [9.17, 15) is 14.9 Å². The molecule has 0 radical (unpaired) electrons. The molecule has 5 rings (SSSR count). The molecule has 4 aliphatic rings. The summed E-state index contributed by atoms with van der Waals surface area (Å²) in [4.78, 5) is 28.7. The monoisotopic (exact) mass is 352 g/mol. The lowest BCUT2D eigenvalue weighted by Gasteiger charge is -2.15. The summed E-state index contributed by atoms with van der Waals surface area (Å²) in [7, 11) is 0. The van der Waals surface area contributed by atoms with E-state index in [4.69, 9.17) is 0 Å².